The van der Waals surface area contributed by atoms with Gasteiger partial charge < -0.3 is 10.6 Å². The zero-order chi connectivity index (χ0) is 29.1. The number of amides is 2. The van der Waals surface area contributed by atoms with Crippen molar-refractivity contribution >= 4 is 34.7 Å². The summed E-state index contributed by atoms with van der Waals surface area (Å²) in [7, 11) is 0. The third-order valence-corrected chi connectivity index (χ3v) is 6.78. The molecular formula is C27H14ClF5N6O2. The number of fused-ring (bicyclic) bond motifs is 2. The van der Waals surface area contributed by atoms with E-state index in [0.717, 1.165) is 12.1 Å². The average molecular weight is 585 g/mol. The SMILES string of the molecule is O=C(Nc1cc(-c2ccc3ncnn3n2)cc2c1C(c1cc(F)ccc1Cl)NC2=O)c1cc(F)cc(C(F)(F)F)c1. The molecule has 0 radical (unpaired) electrons. The van der Waals surface area contributed by atoms with Crippen molar-refractivity contribution in [3.63, 3.8) is 0 Å². The number of nitrogens with one attached hydrogen (secondary N) is 2. The number of carbonyl (C=O) groups excluding carboxylic acids is 2. The van der Waals surface area contributed by atoms with Crippen molar-refractivity contribution < 1.29 is 31.5 Å². The summed E-state index contributed by atoms with van der Waals surface area (Å²) in [6.07, 6.45) is -3.62. The second-order valence-electron chi connectivity index (χ2n) is 9.06. The fraction of sp³-hybridized carbons (Fsp3) is 0.0741. The quantitative estimate of drug-likeness (QED) is 0.259. The third kappa shape index (κ3) is 4.84. The van der Waals surface area contributed by atoms with Crippen molar-refractivity contribution in [1.82, 2.24) is 25.1 Å². The summed E-state index contributed by atoms with van der Waals surface area (Å²) in [6.45, 7) is 0. The molecule has 14 heteroatoms. The molecule has 2 aromatic heterocycles. The summed E-state index contributed by atoms with van der Waals surface area (Å²) in [5.41, 5.74) is -0.496. The first kappa shape index (κ1) is 26.3. The number of benzene rings is 3. The van der Waals surface area contributed by atoms with Gasteiger partial charge in [0.05, 0.1) is 17.3 Å². The number of hydrogen-bond acceptors (Lipinski definition) is 5. The average Bonchev–Trinajstić information content (AvgIpc) is 3.53. The molecule has 5 aromatic rings. The Hall–Kier alpha value is -4.91. The molecule has 0 spiro atoms. The topological polar surface area (TPSA) is 101 Å². The molecule has 1 atom stereocenters. The molecule has 0 fully saturated rings. The summed E-state index contributed by atoms with van der Waals surface area (Å²) in [4.78, 5) is 30.3. The number of alkyl halides is 3. The summed E-state index contributed by atoms with van der Waals surface area (Å²) >= 11 is 6.31. The van der Waals surface area contributed by atoms with E-state index in [1.165, 1.54) is 29.2 Å². The van der Waals surface area contributed by atoms with Gasteiger partial charge in [0.15, 0.2) is 5.65 Å². The smallest absolute Gasteiger partial charge is 0.341 e. The fourth-order valence-corrected chi connectivity index (χ4v) is 4.83. The van der Waals surface area contributed by atoms with E-state index in [4.69, 9.17) is 11.6 Å². The van der Waals surface area contributed by atoms with Gasteiger partial charge in [0.2, 0.25) is 0 Å². The molecule has 41 heavy (non-hydrogen) atoms. The van der Waals surface area contributed by atoms with Gasteiger partial charge in [-0.05, 0) is 60.7 Å². The molecule has 2 amide bonds. The Morgan fingerprint density at radius 2 is 1.80 bits per heavy atom. The maximum atomic E-state index is 14.2. The Morgan fingerprint density at radius 1 is 1.00 bits per heavy atom. The number of nitrogens with zero attached hydrogens (tertiary/aromatic N) is 4. The molecule has 3 aromatic carbocycles. The van der Waals surface area contributed by atoms with E-state index < -0.39 is 46.8 Å². The van der Waals surface area contributed by atoms with Crippen molar-refractivity contribution in [2.45, 2.75) is 12.2 Å². The minimum Gasteiger partial charge on any atom is -0.341 e. The van der Waals surface area contributed by atoms with E-state index in [-0.39, 0.29) is 33.5 Å². The van der Waals surface area contributed by atoms with E-state index >= 15 is 0 Å². The Kier molecular flexibility index (Phi) is 6.18. The summed E-state index contributed by atoms with van der Waals surface area (Å²) < 4.78 is 69.4. The molecule has 0 saturated carbocycles. The highest BCUT2D eigenvalue weighted by atomic mass is 35.5. The lowest BCUT2D eigenvalue weighted by atomic mass is 9.93. The van der Waals surface area contributed by atoms with Crippen LogP contribution < -0.4 is 10.6 Å². The van der Waals surface area contributed by atoms with Crippen LogP contribution in [0.25, 0.3) is 16.9 Å². The highest BCUT2D eigenvalue weighted by Crippen LogP contribution is 2.42. The fourth-order valence-electron chi connectivity index (χ4n) is 4.61. The molecule has 3 heterocycles. The van der Waals surface area contributed by atoms with Crippen LogP contribution in [0.4, 0.5) is 27.6 Å². The van der Waals surface area contributed by atoms with Crippen molar-refractivity contribution in [3.05, 3.63) is 111 Å². The molecule has 1 unspecified atom stereocenters. The molecule has 0 saturated heterocycles. The Bertz CT molecular complexity index is 1890. The number of rotatable bonds is 4. The van der Waals surface area contributed by atoms with Crippen LogP contribution in [-0.4, -0.2) is 31.6 Å². The van der Waals surface area contributed by atoms with Crippen LogP contribution in [0.1, 0.15) is 43.4 Å². The van der Waals surface area contributed by atoms with Crippen molar-refractivity contribution in [2.75, 3.05) is 5.32 Å². The van der Waals surface area contributed by atoms with Gasteiger partial charge in [-0.25, -0.2) is 13.8 Å². The minimum atomic E-state index is -4.90. The maximum absolute atomic E-state index is 14.2. The van der Waals surface area contributed by atoms with Gasteiger partial charge in [-0.15, -0.1) is 14.8 Å². The van der Waals surface area contributed by atoms with Crippen LogP contribution in [0.5, 0.6) is 0 Å². The van der Waals surface area contributed by atoms with E-state index in [2.05, 4.69) is 25.8 Å². The van der Waals surface area contributed by atoms with Gasteiger partial charge in [0.1, 0.15) is 18.0 Å². The number of halogens is 6. The monoisotopic (exact) mass is 584 g/mol. The lowest BCUT2D eigenvalue weighted by Gasteiger charge is -2.19. The first-order valence-electron chi connectivity index (χ1n) is 11.8. The summed E-state index contributed by atoms with van der Waals surface area (Å²) in [6, 6.07) is 10.1. The normalized spacial score (nSPS) is 14.7. The number of anilines is 1. The van der Waals surface area contributed by atoms with Gasteiger partial charge in [-0.1, -0.05) is 11.6 Å². The second kappa shape index (κ2) is 9.63. The van der Waals surface area contributed by atoms with Crippen LogP contribution in [0.3, 0.4) is 0 Å². The van der Waals surface area contributed by atoms with Crippen molar-refractivity contribution in [3.8, 4) is 11.3 Å². The van der Waals surface area contributed by atoms with E-state index in [1.54, 1.807) is 12.1 Å². The molecule has 1 aliphatic heterocycles. The lowest BCUT2D eigenvalue weighted by Crippen LogP contribution is -2.21. The van der Waals surface area contributed by atoms with Crippen molar-refractivity contribution in [2.24, 2.45) is 0 Å². The highest BCUT2D eigenvalue weighted by Gasteiger charge is 2.36. The van der Waals surface area contributed by atoms with Crippen molar-refractivity contribution in [1.29, 1.82) is 0 Å². The van der Waals surface area contributed by atoms with Gasteiger partial charge >= 0.3 is 6.18 Å². The second-order valence-corrected chi connectivity index (χ2v) is 9.47. The maximum Gasteiger partial charge on any atom is 0.416 e. The molecule has 1 aliphatic rings. The molecular weight excluding hydrogens is 571 g/mol. The van der Waals surface area contributed by atoms with Gasteiger partial charge in [0, 0.05) is 38.5 Å². The minimum absolute atomic E-state index is 0.0236. The van der Waals surface area contributed by atoms with Crippen LogP contribution in [0.2, 0.25) is 5.02 Å². The molecule has 0 aliphatic carbocycles. The Morgan fingerprint density at radius 3 is 2.59 bits per heavy atom. The van der Waals surface area contributed by atoms with Crippen LogP contribution in [0, 0.1) is 11.6 Å². The molecule has 6 rings (SSSR count). The van der Waals surface area contributed by atoms with Gasteiger partial charge in [-0.2, -0.15) is 13.2 Å². The molecule has 2 N–H and O–H groups in total. The number of carbonyl (C=O) groups is 2. The van der Waals surface area contributed by atoms with Gasteiger partial charge in [-0.3, -0.25) is 9.59 Å². The summed E-state index contributed by atoms with van der Waals surface area (Å²) in [5.74, 6) is -3.58. The predicted molar refractivity (Wildman–Crippen MR) is 136 cm³/mol. The van der Waals surface area contributed by atoms with Crippen LogP contribution in [-0.2, 0) is 6.18 Å². The van der Waals surface area contributed by atoms with Gasteiger partial charge in [0.25, 0.3) is 11.8 Å². The summed E-state index contributed by atoms with van der Waals surface area (Å²) in [5, 5.41) is 13.6. The largest absolute Gasteiger partial charge is 0.416 e. The van der Waals surface area contributed by atoms with Crippen LogP contribution in [0.15, 0.2) is 67.0 Å². The molecule has 206 valence electrons. The van der Waals surface area contributed by atoms with E-state index in [9.17, 15) is 31.5 Å². The molecule has 8 nitrogen and oxygen atoms in total. The number of hydrogen-bond donors (Lipinski definition) is 2. The first-order valence-corrected chi connectivity index (χ1v) is 12.2. The first-order chi connectivity index (χ1) is 19.5. The lowest BCUT2D eigenvalue weighted by molar-refractivity contribution is -0.137. The van der Waals surface area contributed by atoms with E-state index in [1.807, 2.05) is 0 Å². The standard InChI is InChI=1S/C27H14ClF5N6O2/c28-19-2-1-15(29)10-17(19)24-23-18(26(41)37-24)7-12(20-3-4-22-34-11-35-39(22)38-20)8-21(23)36-25(40)13-5-14(27(31,32)33)9-16(30)6-13/h1-11,24H,(H,36,40)(H,37,41). The van der Waals surface area contributed by atoms with Crippen LogP contribution >= 0.6 is 11.6 Å². The Labute approximate surface area is 231 Å². The zero-order valence-corrected chi connectivity index (χ0v) is 21.1. The zero-order valence-electron chi connectivity index (χ0n) is 20.3. The van der Waals surface area contributed by atoms with E-state index in [0.29, 0.717) is 29.0 Å². The Balaban J connectivity index is 1.51. The number of aromatic nitrogens is 4. The molecule has 0 bridgehead atoms. The highest BCUT2D eigenvalue weighted by molar-refractivity contribution is 6.31. The third-order valence-electron chi connectivity index (χ3n) is 6.44. The predicted octanol–water partition coefficient (Wildman–Crippen LogP) is 5.83.